The molecule has 29 heavy (non-hydrogen) atoms. The van der Waals surface area contributed by atoms with Gasteiger partial charge in [-0.1, -0.05) is 6.07 Å². The van der Waals surface area contributed by atoms with E-state index in [1.54, 1.807) is 24.3 Å². The fourth-order valence-electron chi connectivity index (χ4n) is 2.94. The number of carbonyl (C=O) groups is 2. The Hall–Kier alpha value is -3.72. The van der Waals surface area contributed by atoms with Gasteiger partial charge in [0, 0.05) is 31.0 Å². The lowest BCUT2D eigenvalue weighted by Crippen LogP contribution is -2.35. The first kappa shape index (κ1) is 20.0. The molecule has 2 amide bonds. The average Bonchev–Trinajstić information content (AvgIpc) is 2.96. The van der Waals surface area contributed by atoms with Crippen molar-refractivity contribution in [3.05, 3.63) is 69.9 Å². The van der Waals surface area contributed by atoms with Crippen molar-refractivity contribution in [3.8, 4) is 5.75 Å². The Morgan fingerprint density at radius 3 is 2.41 bits per heavy atom. The predicted molar refractivity (Wildman–Crippen MR) is 105 cm³/mol. The molecule has 2 aromatic rings. The summed E-state index contributed by atoms with van der Waals surface area (Å²) in [4.78, 5) is 37.4. The van der Waals surface area contributed by atoms with Gasteiger partial charge in [-0.3, -0.25) is 24.6 Å². The van der Waals surface area contributed by atoms with Crippen molar-refractivity contribution in [2.24, 2.45) is 0 Å². The molecule has 0 unspecified atom stereocenters. The minimum atomic E-state index is -0.528. The second-order valence-electron chi connectivity index (χ2n) is 6.17. The van der Waals surface area contributed by atoms with Crippen LogP contribution in [0.4, 0.5) is 11.4 Å². The van der Waals surface area contributed by atoms with Gasteiger partial charge in [0.25, 0.3) is 17.5 Å². The Morgan fingerprint density at radius 2 is 1.79 bits per heavy atom. The maximum absolute atomic E-state index is 13.0. The van der Waals surface area contributed by atoms with Gasteiger partial charge in [-0.2, -0.15) is 0 Å². The number of hydrogen-bond donors (Lipinski definition) is 1. The molecule has 1 aliphatic heterocycles. The van der Waals surface area contributed by atoms with Crippen molar-refractivity contribution in [2.45, 2.75) is 0 Å². The third kappa shape index (κ3) is 4.09. The highest BCUT2D eigenvalue weighted by Crippen LogP contribution is 2.31. The van der Waals surface area contributed by atoms with Gasteiger partial charge in [-0.25, -0.2) is 0 Å². The number of benzene rings is 2. The molecule has 0 saturated carbocycles. The van der Waals surface area contributed by atoms with Crippen LogP contribution in [0.15, 0.2) is 54.2 Å². The zero-order valence-corrected chi connectivity index (χ0v) is 15.9. The summed E-state index contributed by atoms with van der Waals surface area (Å²) in [5.41, 5.74) is 1.09. The number of rotatable bonds is 8. The largest absolute Gasteiger partial charge is 0.497 e. The van der Waals surface area contributed by atoms with Crippen molar-refractivity contribution in [1.29, 1.82) is 0 Å². The molecule has 0 fully saturated rings. The molecule has 0 aromatic heterocycles. The van der Waals surface area contributed by atoms with Gasteiger partial charge in [0.05, 0.1) is 30.8 Å². The van der Waals surface area contributed by atoms with Crippen LogP contribution in [0.2, 0.25) is 0 Å². The molecular formula is C20H19N3O6. The molecule has 0 aliphatic carbocycles. The number of amides is 2. The fourth-order valence-corrected chi connectivity index (χ4v) is 2.94. The first-order valence-corrected chi connectivity index (χ1v) is 8.71. The third-order valence-electron chi connectivity index (χ3n) is 4.39. The van der Waals surface area contributed by atoms with Crippen LogP contribution >= 0.6 is 0 Å². The van der Waals surface area contributed by atoms with Crippen molar-refractivity contribution < 1.29 is 24.0 Å². The number of nitro groups is 1. The molecule has 3 rings (SSSR count). The van der Waals surface area contributed by atoms with Crippen molar-refractivity contribution in [3.63, 3.8) is 0 Å². The van der Waals surface area contributed by atoms with E-state index >= 15 is 0 Å². The van der Waals surface area contributed by atoms with Crippen molar-refractivity contribution in [2.75, 3.05) is 32.7 Å². The second-order valence-corrected chi connectivity index (χ2v) is 6.17. The SMILES string of the molecule is COCCN1C(=O)C(Nc2cccc(OC)c2)=C(c2ccc([N+](=O)[O-])cc2)C1=O. The van der Waals surface area contributed by atoms with Crippen molar-refractivity contribution in [1.82, 2.24) is 4.90 Å². The van der Waals surface area contributed by atoms with Gasteiger partial charge in [-0.05, 0) is 29.8 Å². The van der Waals surface area contributed by atoms with Gasteiger partial charge in [0.15, 0.2) is 0 Å². The molecule has 0 saturated heterocycles. The van der Waals surface area contributed by atoms with Crippen molar-refractivity contribution >= 4 is 28.8 Å². The van der Waals surface area contributed by atoms with Crippen LogP contribution in [0.1, 0.15) is 5.56 Å². The number of non-ortho nitro benzene ring substituents is 1. The number of ether oxygens (including phenoxy) is 2. The summed E-state index contributed by atoms with van der Waals surface area (Å²) in [6.45, 7) is 0.283. The quantitative estimate of drug-likeness (QED) is 0.414. The molecule has 0 radical (unpaired) electrons. The number of carbonyl (C=O) groups excluding carboxylic acids is 2. The van der Waals surface area contributed by atoms with Gasteiger partial charge in [0.1, 0.15) is 11.4 Å². The Kier molecular flexibility index (Phi) is 5.89. The second kappa shape index (κ2) is 8.53. The minimum absolute atomic E-state index is 0.0909. The molecular weight excluding hydrogens is 378 g/mol. The lowest BCUT2D eigenvalue weighted by atomic mass is 10.0. The minimum Gasteiger partial charge on any atom is -0.497 e. The first-order chi connectivity index (χ1) is 14.0. The highest BCUT2D eigenvalue weighted by Gasteiger charge is 2.39. The highest BCUT2D eigenvalue weighted by atomic mass is 16.6. The number of anilines is 1. The van der Waals surface area contributed by atoms with Crippen LogP contribution in [0.25, 0.3) is 5.57 Å². The molecule has 9 heteroatoms. The summed E-state index contributed by atoms with van der Waals surface area (Å²) in [6, 6.07) is 12.4. The normalized spacial score (nSPS) is 13.8. The monoisotopic (exact) mass is 397 g/mol. The van der Waals surface area contributed by atoms with Gasteiger partial charge in [0.2, 0.25) is 0 Å². The Morgan fingerprint density at radius 1 is 1.07 bits per heavy atom. The van der Waals surface area contributed by atoms with E-state index in [0.717, 1.165) is 4.90 Å². The molecule has 9 nitrogen and oxygen atoms in total. The lowest BCUT2D eigenvalue weighted by molar-refractivity contribution is -0.384. The Bertz CT molecular complexity index is 984. The van der Waals surface area contributed by atoms with Crippen LogP contribution in [-0.4, -0.2) is 49.0 Å². The summed E-state index contributed by atoms with van der Waals surface area (Å²) < 4.78 is 10.2. The number of imide groups is 1. The molecule has 150 valence electrons. The van der Waals surface area contributed by atoms with Crippen LogP contribution in [-0.2, 0) is 14.3 Å². The Balaban J connectivity index is 2.03. The van der Waals surface area contributed by atoms with Crippen LogP contribution in [0.3, 0.4) is 0 Å². The van der Waals surface area contributed by atoms with E-state index < -0.39 is 16.7 Å². The van der Waals surface area contributed by atoms with E-state index in [4.69, 9.17) is 9.47 Å². The van der Waals surface area contributed by atoms with Gasteiger partial charge in [-0.15, -0.1) is 0 Å². The number of nitrogens with zero attached hydrogens (tertiary/aromatic N) is 2. The first-order valence-electron chi connectivity index (χ1n) is 8.71. The number of nitrogens with one attached hydrogen (secondary N) is 1. The number of nitro benzene ring substituents is 1. The van der Waals surface area contributed by atoms with E-state index in [1.807, 2.05) is 0 Å². The van der Waals surface area contributed by atoms with E-state index in [-0.39, 0.29) is 30.1 Å². The zero-order chi connectivity index (χ0) is 21.0. The molecule has 0 spiro atoms. The van der Waals surface area contributed by atoms with E-state index in [9.17, 15) is 19.7 Å². The van der Waals surface area contributed by atoms with E-state index in [2.05, 4.69) is 5.32 Å². The number of hydrogen-bond acceptors (Lipinski definition) is 7. The fraction of sp³-hybridized carbons (Fsp3) is 0.200. The predicted octanol–water partition coefficient (Wildman–Crippen LogP) is 2.44. The molecule has 1 heterocycles. The summed E-state index contributed by atoms with van der Waals surface area (Å²) in [6.07, 6.45) is 0. The Labute approximate surface area is 166 Å². The molecule has 1 aliphatic rings. The third-order valence-corrected chi connectivity index (χ3v) is 4.39. The number of methoxy groups -OCH3 is 2. The van der Waals surface area contributed by atoms with Crippen LogP contribution in [0, 0.1) is 10.1 Å². The van der Waals surface area contributed by atoms with E-state index in [0.29, 0.717) is 17.0 Å². The highest BCUT2D eigenvalue weighted by molar-refractivity contribution is 6.36. The zero-order valence-electron chi connectivity index (χ0n) is 15.9. The smallest absolute Gasteiger partial charge is 0.278 e. The van der Waals surface area contributed by atoms with Crippen LogP contribution < -0.4 is 10.1 Å². The molecule has 1 N–H and O–H groups in total. The van der Waals surface area contributed by atoms with E-state index in [1.165, 1.54) is 38.5 Å². The maximum atomic E-state index is 13.0. The summed E-state index contributed by atoms with van der Waals surface area (Å²) in [5, 5.41) is 13.9. The summed E-state index contributed by atoms with van der Waals surface area (Å²) in [7, 11) is 3.00. The standard InChI is InChI=1S/C20H19N3O6/c1-28-11-10-22-19(24)17(13-6-8-15(9-7-13)23(26)27)18(20(22)25)21-14-4-3-5-16(12-14)29-2/h3-9,12,21H,10-11H2,1-2H3. The maximum Gasteiger partial charge on any atom is 0.278 e. The topological polar surface area (TPSA) is 111 Å². The van der Waals surface area contributed by atoms with Gasteiger partial charge < -0.3 is 14.8 Å². The molecule has 0 bridgehead atoms. The molecule has 0 atom stereocenters. The average molecular weight is 397 g/mol. The van der Waals surface area contributed by atoms with Crippen LogP contribution in [0.5, 0.6) is 5.75 Å². The summed E-state index contributed by atoms with van der Waals surface area (Å²) in [5.74, 6) is -0.407. The molecule has 2 aromatic carbocycles. The lowest BCUT2D eigenvalue weighted by Gasteiger charge is -2.14. The van der Waals surface area contributed by atoms with Gasteiger partial charge >= 0.3 is 0 Å². The summed E-state index contributed by atoms with van der Waals surface area (Å²) >= 11 is 0.